The molecule has 3 amide bonds. The van der Waals surface area contributed by atoms with Crippen LogP contribution in [-0.4, -0.2) is 173 Å². The van der Waals surface area contributed by atoms with Gasteiger partial charge >= 0.3 is 6.57 Å². The molecule has 330 valence electrons. The Labute approximate surface area is 339 Å². The van der Waals surface area contributed by atoms with Crippen molar-refractivity contribution in [2.45, 2.75) is 19.4 Å². The van der Waals surface area contributed by atoms with Gasteiger partial charge in [0.25, 0.3) is 0 Å². The predicted octanol–water partition coefficient (Wildman–Crippen LogP) is -1.03. The maximum atomic E-state index is 13.9. The highest BCUT2D eigenvalue weighted by Crippen LogP contribution is 2.57. The first-order chi connectivity index (χ1) is 27.7. The first-order valence-electron chi connectivity index (χ1n) is 18.6. The van der Waals surface area contributed by atoms with Gasteiger partial charge in [0, 0.05) is 25.8 Å². The van der Waals surface area contributed by atoms with Crippen molar-refractivity contribution in [2.75, 3.05) is 144 Å². The second kappa shape index (κ2) is 35.4. The molecule has 9 N–H and O–H groups in total. The van der Waals surface area contributed by atoms with Gasteiger partial charge in [-0.1, -0.05) is 30.4 Å². The summed E-state index contributed by atoms with van der Waals surface area (Å²) >= 11 is 1.17. The summed E-state index contributed by atoms with van der Waals surface area (Å²) in [5.41, 5.74) is 0.709. The Balaban J connectivity index is 3.05. The highest BCUT2D eigenvalue weighted by molar-refractivity contribution is 8.56. The van der Waals surface area contributed by atoms with Crippen molar-refractivity contribution in [2.24, 2.45) is 17.7 Å². The molecule has 2 unspecified atom stereocenters. The van der Waals surface area contributed by atoms with Crippen LogP contribution in [0.25, 0.3) is 0 Å². The molecule has 0 aromatic heterocycles. The maximum absolute atomic E-state index is 13.9. The summed E-state index contributed by atoms with van der Waals surface area (Å²) in [6.07, 6.45) is 2.21. The first kappa shape index (κ1) is 52.5. The number of hydrogen-bond acceptors (Lipinski definition) is 19. The van der Waals surface area contributed by atoms with Gasteiger partial charge in [0.1, 0.15) is 5.75 Å². The lowest BCUT2D eigenvalue weighted by molar-refractivity contribution is -0.131. The number of rotatable bonds is 39. The van der Waals surface area contributed by atoms with Gasteiger partial charge in [-0.25, -0.2) is 17.7 Å². The van der Waals surface area contributed by atoms with E-state index in [1.54, 1.807) is 37.4 Å². The number of nitrogens with two attached hydrogens (primary N) is 3. The quantitative estimate of drug-likeness (QED) is 0.0262. The fourth-order valence-electron chi connectivity index (χ4n) is 4.62. The maximum Gasteiger partial charge on any atom is 0.302 e. The number of carbonyl (C=O) groups excluding carboxylic acids is 3. The van der Waals surface area contributed by atoms with E-state index >= 15 is 0 Å². The van der Waals surface area contributed by atoms with Crippen LogP contribution in [0.2, 0.25) is 0 Å². The van der Waals surface area contributed by atoms with Gasteiger partial charge in [0.05, 0.1) is 118 Å². The van der Waals surface area contributed by atoms with E-state index in [-0.39, 0.29) is 85.4 Å². The minimum atomic E-state index is -2.90. The fraction of sp³-hybridized carbons (Fsp3) is 0.735. The molecule has 23 heteroatoms. The van der Waals surface area contributed by atoms with E-state index in [2.05, 4.69) is 30.5 Å². The van der Waals surface area contributed by atoms with Gasteiger partial charge in [0.15, 0.2) is 0 Å². The number of benzene rings is 1. The van der Waals surface area contributed by atoms with Crippen LogP contribution < -0.4 is 38.2 Å². The van der Waals surface area contributed by atoms with Crippen molar-refractivity contribution in [3.63, 3.8) is 0 Å². The lowest BCUT2D eigenvalue weighted by Gasteiger charge is -2.30. The third kappa shape index (κ3) is 27.7. The molecule has 1 aromatic carbocycles. The second-order valence-electron chi connectivity index (χ2n) is 11.7. The number of nitrogens with one attached hydrogen (secondary N) is 3. The van der Waals surface area contributed by atoms with Crippen molar-refractivity contribution < 1.29 is 66.4 Å². The van der Waals surface area contributed by atoms with Crippen molar-refractivity contribution in [3.8, 4) is 5.75 Å². The van der Waals surface area contributed by atoms with Crippen LogP contribution in [0.3, 0.4) is 0 Å². The predicted molar refractivity (Wildman–Crippen MR) is 212 cm³/mol. The van der Waals surface area contributed by atoms with Gasteiger partial charge < -0.3 is 63.4 Å². The minimum absolute atomic E-state index is 0.120. The third-order valence-electron chi connectivity index (χ3n) is 7.53. The normalized spacial score (nSPS) is 12.9. The summed E-state index contributed by atoms with van der Waals surface area (Å²) < 4.78 is 51.1. The Hall–Kier alpha value is -2.51. The van der Waals surface area contributed by atoms with Gasteiger partial charge in [-0.05, 0) is 30.4 Å². The van der Waals surface area contributed by atoms with E-state index in [9.17, 15) is 18.9 Å². The molecule has 0 fully saturated rings. The molecular weight excluding hydrogens is 793 g/mol. The summed E-state index contributed by atoms with van der Waals surface area (Å²) in [6, 6.07) is 5.88. The Bertz CT molecular complexity index is 1190. The lowest BCUT2D eigenvalue weighted by Crippen LogP contribution is -2.54. The number of carbonyl (C=O) groups is 3. The Kier molecular flexibility index (Phi) is 32.6. The van der Waals surface area contributed by atoms with E-state index in [0.717, 1.165) is 0 Å². The SMILES string of the molecule is CCP(=O)(Oc1ccc(CC(C(=O)NCCOCCOCCON)N(CC(=O)NCCOCCOCCON)CC(=O)NCCOCCOCCON)cc1)SC. The van der Waals surface area contributed by atoms with Crippen LogP contribution in [0.15, 0.2) is 24.3 Å². The van der Waals surface area contributed by atoms with E-state index in [1.165, 1.54) is 16.3 Å². The summed E-state index contributed by atoms with van der Waals surface area (Å²) in [5, 5.41) is 8.42. The van der Waals surface area contributed by atoms with Gasteiger partial charge in [-0.2, -0.15) is 0 Å². The van der Waals surface area contributed by atoms with Crippen molar-refractivity contribution in [1.82, 2.24) is 20.9 Å². The smallest absolute Gasteiger partial charge is 0.302 e. The largest absolute Gasteiger partial charge is 0.436 e. The molecule has 0 aliphatic rings. The molecule has 0 saturated heterocycles. The number of amides is 3. The monoisotopic (exact) mass is 857 g/mol. The van der Waals surface area contributed by atoms with Crippen LogP contribution in [0.1, 0.15) is 12.5 Å². The zero-order valence-corrected chi connectivity index (χ0v) is 34.9. The molecular formula is C34H64N7O14PS. The molecule has 1 aromatic rings. The molecule has 2 atom stereocenters. The van der Waals surface area contributed by atoms with Gasteiger partial charge in [-0.15, -0.1) is 0 Å². The van der Waals surface area contributed by atoms with Crippen molar-refractivity contribution in [1.29, 1.82) is 0 Å². The molecule has 0 bridgehead atoms. The Morgan fingerprint density at radius 2 is 1.02 bits per heavy atom. The zero-order chi connectivity index (χ0) is 41.8. The molecule has 21 nitrogen and oxygen atoms in total. The molecule has 0 aliphatic heterocycles. The molecule has 1 rings (SSSR count). The van der Waals surface area contributed by atoms with Gasteiger partial charge in [0.2, 0.25) is 17.7 Å². The van der Waals surface area contributed by atoms with Crippen LogP contribution in [0.5, 0.6) is 5.75 Å². The number of hydrogen-bond donors (Lipinski definition) is 6. The van der Waals surface area contributed by atoms with Crippen molar-refractivity contribution >= 4 is 35.7 Å². The highest BCUT2D eigenvalue weighted by atomic mass is 32.7. The van der Waals surface area contributed by atoms with E-state index < -0.39 is 30.3 Å². The second-order valence-corrected chi connectivity index (χ2v) is 16.9. The molecule has 0 radical (unpaired) electrons. The van der Waals surface area contributed by atoms with Crippen LogP contribution >= 0.6 is 18.0 Å². The fourth-order valence-corrected chi connectivity index (χ4v) is 6.78. The summed E-state index contributed by atoms with van der Waals surface area (Å²) in [7, 11) is 0. The molecule has 0 heterocycles. The van der Waals surface area contributed by atoms with Crippen molar-refractivity contribution in [3.05, 3.63) is 29.8 Å². The van der Waals surface area contributed by atoms with Crippen LogP contribution in [-0.2, 0) is 68.3 Å². The topological polar surface area (TPSA) is 278 Å². The molecule has 0 saturated carbocycles. The Morgan fingerprint density at radius 3 is 1.40 bits per heavy atom. The number of ether oxygens (including phenoxy) is 6. The summed E-state index contributed by atoms with van der Waals surface area (Å²) in [6.45, 7) is 3.02. The van der Waals surface area contributed by atoms with E-state index in [1.807, 2.05) is 0 Å². The molecule has 0 spiro atoms. The van der Waals surface area contributed by atoms with Crippen LogP contribution in [0.4, 0.5) is 0 Å². The number of nitrogens with zero attached hydrogens (tertiary/aromatic N) is 1. The lowest BCUT2D eigenvalue weighted by atomic mass is 10.0. The minimum Gasteiger partial charge on any atom is -0.436 e. The summed E-state index contributed by atoms with van der Waals surface area (Å²) in [4.78, 5) is 55.2. The highest BCUT2D eigenvalue weighted by Gasteiger charge is 2.30. The Morgan fingerprint density at radius 1 is 0.632 bits per heavy atom. The van der Waals surface area contributed by atoms with E-state index in [4.69, 9.17) is 50.6 Å². The average molecular weight is 858 g/mol. The third-order valence-corrected chi connectivity index (χ3v) is 12.0. The van der Waals surface area contributed by atoms with Gasteiger partial charge in [-0.3, -0.25) is 23.8 Å². The first-order valence-corrected chi connectivity index (χ1v) is 22.3. The van der Waals surface area contributed by atoms with Crippen LogP contribution in [0, 0.1) is 0 Å². The zero-order valence-electron chi connectivity index (χ0n) is 33.2. The average Bonchev–Trinajstić information content (AvgIpc) is 3.21. The molecule has 0 aliphatic carbocycles. The standard InChI is InChI=1S/C34H64N7O14PS/c1-3-56(45,57-2)55-30-6-4-29(5-7-30)26-31(34(44)40-10-13-48-16-19-51-22-25-54-37)41(27-32(42)38-8-11-46-14-17-49-20-23-52-35)28-33(43)39-9-12-47-15-18-50-21-24-53-36/h4-7,31H,3,8-28,35-37H2,1-2H3,(H,38,42)(H,39,43)(H,40,44). The summed E-state index contributed by atoms with van der Waals surface area (Å²) in [5.74, 6) is 14.1. The van der Waals surface area contributed by atoms with E-state index in [0.29, 0.717) is 70.3 Å². The molecule has 57 heavy (non-hydrogen) atoms.